The second-order valence-corrected chi connectivity index (χ2v) is 5.18. The van der Waals surface area contributed by atoms with E-state index < -0.39 is 0 Å². The molecule has 5 heteroatoms. The van der Waals surface area contributed by atoms with Gasteiger partial charge in [-0.15, -0.1) is 0 Å². The van der Waals surface area contributed by atoms with Crippen LogP contribution in [0.25, 0.3) is 0 Å². The summed E-state index contributed by atoms with van der Waals surface area (Å²) >= 11 is 0. The summed E-state index contributed by atoms with van der Waals surface area (Å²) in [5.41, 5.74) is 1.74. The first-order chi connectivity index (χ1) is 11.2. The maximum Gasteiger partial charge on any atom is 0.251 e. The molecule has 0 saturated heterocycles. The standard InChI is InChI=1S/C18H23N3O2/c1-3-23-17-14-15(10-12-19-17)18(22)20-11-7-13-21(2)16-8-5-4-6-9-16/h4-6,8-10,12,14H,3,7,11,13H2,1-2H3,(H,20,22). The predicted molar refractivity (Wildman–Crippen MR) is 92.1 cm³/mol. The number of nitrogens with one attached hydrogen (secondary N) is 1. The molecule has 1 aromatic heterocycles. The number of amides is 1. The molecule has 0 aliphatic rings. The van der Waals surface area contributed by atoms with E-state index in [1.165, 1.54) is 5.69 Å². The maximum absolute atomic E-state index is 12.1. The first-order valence-corrected chi connectivity index (χ1v) is 7.84. The van der Waals surface area contributed by atoms with E-state index in [1.807, 2.05) is 32.2 Å². The zero-order chi connectivity index (χ0) is 16.5. The van der Waals surface area contributed by atoms with E-state index in [1.54, 1.807) is 18.3 Å². The zero-order valence-electron chi connectivity index (χ0n) is 13.7. The van der Waals surface area contributed by atoms with Crippen molar-refractivity contribution in [2.45, 2.75) is 13.3 Å². The van der Waals surface area contributed by atoms with Crippen LogP contribution >= 0.6 is 0 Å². The summed E-state index contributed by atoms with van der Waals surface area (Å²) in [6, 6.07) is 13.5. The summed E-state index contributed by atoms with van der Waals surface area (Å²) in [4.78, 5) is 18.3. The van der Waals surface area contributed by atoms with Gasteiger partial charge in [0.1, 0.15) is 0 Å². The van der Waals surface area contributed by atoms with Crippen molar-refractivity contribution in [2.75, 3.05) is 31.6 Å². The van der Waals surface area contributed by atoms with E-state index in [-0.39, 0.29) is 5.91 Å². The van der Waals surface area contributed by atoms with Gasteiger partial charge >= 0.3 is 0 Å². The number of benzene rings is 1. The molecule has 0 saturated carbocycles. The van der Waals surface area contributed by atoms with Crippen molar-refractivity contribution in [2.24, 2.45) is 0 Å². The van der Waals surface area contributed by atoms with Gasteiger partial charge in [-0.05, 0) is 31.5 Å². The van der Waals surface area contributed by atoms with Gasteiger partial charge in [0.2, 0.25) is 5.88 Å². The number of hydrogen-bond donors (Lipinski definition) is 1. The Morgan fingerprint density at radius 3 is 2.78 bits per heavy atom. The first kappa shape index (κ1) is 16.8. The van der Waals surface area contributed by atoms with Crippen LogP contribution in [0.1, 0.15) is 23.7 Å². The molecule has 1 N–H and O–H groups in total. The molecule has 0 bridgehead atoms. The quantitative estimate of drug-likeness (QED) is 0.761. The lowest BCUT2D eigenvalue weighted by atomic mass is 10.2. The molecule has 1 aromatic carbocycles. The van der Waals surface area contributed by atoms with Crippen LogP contribution in [0, 0.1) is 0 Å². The van der Waals surface area contributed by atoms with E-state index in [9.17, 15) is 4.79 Å². The number of anilines is 1. The van der Waals surface area contributed by atoms with Crippen LogP contribution in [0.5, 0.6) is 5.88 Å². The number of rotatable bonds is 8. The van der Waals surface area contributed by atoms with Crippen LogP contribution in [-0.4, -0.2) is 37.6 Å². The topological polar surface area (TPSA) is 54.5 Å². The highest BCUT2D eigenvalue weighted by atomic mass is 16.5. The molecule has 2 aromatic rings. The molecule has 0 atom stereocenters. The predicted octanol–water partition coefficient (Wildman–Crippen LogP) is 2.74. The van der Waals surface area contributed by atoms with Gasteiger partial charge in [-0.25, -0.2) is 4.98 Å². The number of hydrogen-bond acceptors (Lipinski definition) is 4. The third kappa shape index (κ3) is 5.29. The van der Waals surface area contributed by atoms with Crippen LogP contribution in [0.2, 0.25) is 0 Å². The highest BCUT2D eigenvalue weighted by Crippen LogP contribution is 2.11. The second-order valence-electron chi connectivity index (χ2n) is 5.18. The highest BCUT2D eigenvalue weighted by molar-refractivity contribution is 5.94. The second kappa shape index (κ2) is 8.78. The third-order valence-corrected chi connectivity index (χ3v) is 3.44. The van der Waals surface area contributed by atoms with Crippen molar-refractivity contribution in [1.29, 1.82) is 0 Å². The normalized spacial score (nSPS) is 10.2. The summed E-state index contributed by atoms with van der Waals surface area (Å²) in [6.45, 7) is 3.93. The Hall–Kier alpha value is -2.56. The van der Waals surface area contributed by atoms with Crippen LogP contribution < -0.4 is 15.0 Å². The first-order valence-electron chi connectivity index (χ1n) is 7.84. The van der Waals surface area contributed by atoms with Crippen molar-refractivity contribution in [3.8, 4) is 5.88 Å². The SMILES string of the molecule is CCOc1cc(C(=O)NCCCN(C)c2ccccc2)ccn1. The minimum Gasteiger partial charge on any atom is -0.478 e. The van der Waals surface area contributed by atoms with Crippen LogP contribution in [0.3, 0.4) is 0 Å². The molecule has 0 unspecified atom stereocenters. The van der Waals surface area contributed by atoms with Gasteiger partial charge in [-0.3, -0.25) is 4.79 Å². The van der Waals surface area contributed by atoms with Gasteiger partial charge in [0.05, 0.1) is 6.61 Å². The van der Waals surface area contributed by atoms with Crippen molar-refractivity contribution in [3.63, 3.8) is 0 Å². The van der Waals surface area contributed by atoms with Crippen molar-refractivity contribution in [1.82, 2.24) is 10.3 Å². The number of nitrogens with zero attached hydrogens (tertiary/aromatic N) is 2. The molecular weight excluding hydrogens is 290 g/mol. The van der Waals surface area contributed by atoms with Crippen molar-refractivity contribution < 1.29 is 9.53 Å². The third-order valence-electron chi connectivity index (χ3n) is 3.44. The molecule has 23 heavy (non-hydrogen) atoms. The largest absolute Gasteiger partial charge is 0.478 e. The van der Waals surface area contributed by atoms with Crippen molar-refractivity contribution in [3.05, 3.63) is 54.2 Å². The number of carbonyl (C=O) groups is 1. The lowest BCUT2D eigenvalue weighted by Gasteiger charge is -2.19. The van der Waals surface area contributed by atoms with E-state index in [0.717, 1.165) is 13.0 Å². The zero-order valence-corrected chi connectivity index (χ0v) is 13.7. The van der Waals surface area contributed by atoms with Gasteiger partial charge in [-0.2, -0.15) is 0 Å². The molecule has 0 spiro atoms. The average molecular weight is 313 g/mol. The van der Waals surface area contributed by atoms with Crippen LogP contribution in [-0.2, 0) is 0 Å². The Morgan fingerprint density at radius 2 is 2.04 bits per heavy atom. The molecule has 2 rings (SSSR count). The van der Waals surface area contributed by atoms with Crippen molar-refractivity contribution >= 4 is 11.6 Å². The fourth-order valence-corrected chi connectivity index (χ4v) is 2.21. The molecular formula is C18H23N3O2. The Balaban J connectivity index is 1.75. The Labute approximate surface area is 137 Å². The van der Waals surface area contributed by atoms with E-state index in [2.05, 4.69) is 27.3 Å². The smallest absolute Gasteiger partial charge is 0.251 e. The minimum atomic E-state index is -0.101. The van der Waals surface area contributed by atoms with Gasteiger partial charge < -0.3 is 15.0 Å². The average Bonchev–Trinajstić information content (AvgIpc) is 2.59. The molecule has 0 aliphatic heterocycles. The number of pyridine rings is 1. The Kier molecular flexibility index (Phi) is 6.41. The Bertz CT molecular complexity index is 617. The van der Waals surface area contributed by atoms with E-state index >= 15 is 0 Å². The lowest BCUT2D eigenvalue weighted by Crippen LogP contribution is -2.28. The van der Waals surface area contributed by atoms with Crippen LogP contribution in [0.4, 0.5) is 5.69 Å². The molecule has 1 heterocycles. The highest BCUT2D eigenvalue weighted by Gasteiger charge is 2.07. The van der Waals surface area contributed by atoms with Gasteiger partial charge in [0.25, 0.3) is 5.91 Å². The molecule has 0 radical (unpaired) electrons. The van der Waals surface area contributed by atoms with E-state index in [0.29, 0.717) is 24.6 Å². The number of ether oxygens (including phenoxy) is 1. The van der Waals surface area contributed by atoms with Gasteiger partial charge in [0, 0.05) is 43.7 Å². The van der Waals surface area contributed by atoms with Gasteiger partial charge in [0.15, 0.2) is 0 Å². The Morgan fingerprint density at radius 1 is 1.26 bits per heavy atom. The minimum absolute atomic E-state index is 0.101. The maximum atomic E-state index is 12.1. The van der Waals surface area contributed by atoms with Gasteiger partial charge in [-0.1, -0.05) is 18.2 Å². The fraction of sp³-hybridized carbons (Fsp3) is 0.333. The molecule has 1 amide bonds. The van der Waals surface area contributed by atoms with Crippen LogP contribution in [0.15, 0.2) is 48.7 Å². The summed E-state index contributed by atoms with van der Waals surface area (Å²) in [5, 5.41) is 2.93. The summed E-state index contributed by atoms with van der Waals surface area (Å²) in [7, 11) is 2.05. The molecule has 0 aliphatic carbocycles. The number of para-hydroxylation sites is 1. The molecule has 5 nitrogen and oxygen atoms in total. The van der Waals surface area contributed by atoms with E-state index in [4.69, 9.17) is 4.74 Å². The monoisotopic (exact) mass is 313 g/mol. The lowest BCUT2D eigenvalue weighted by molar-refractivity contribution is 0.0952. The molecule has 122 valence electrons. The fourth-order valence-electron chi connectivity index (χ4n) is 2.21. The number of aromatic nitrogens is 1. The summed E-state index contributed by atoms with van der Waals surface area (Å²) in [6.07, 6.45) is 2.46. The number of carbonyl (C=O) groups excluding carboxylic acids is 1. The molecule has 0 fully saturated rings. The summed E-state index contributed by atoms with van der Waals surface area (Å²) < 4.78 is 5.30. The summed E-state index contributed by atoms with van der Waals surface area (Å²) in [5.74, 6) is 0.375.